The number of rotatable bonds is 5. The van der Waals surface area contributed by atoms with Crippen molar-refractivity contribution in [1.29, 1.82) is 0 Å². The van der Waals surface area contributed by atoms with Crippen LogP contribution in [0.3, 0.4) is 0 Å². The highest BCUT2D eigenvalue weighted by atomic mass is 32.2. The SMILES string of the molecule is COc1ccc(-c2cc(C(=O)N3CCC(C)CC3)[nH]n2)cc1S(=O)(=O)N(C)C. The number of ether oxygens (including phenoxy) is 1. The Kier molecular flexibility index (Phi) is 5.76. The number of carbonyl (C=O) groups is 1. The van der Waals surface area contributed by atoms with Gasteiger partial charge in [0.2, 0.25) is 10.0 Å². The van der Waals surface area contributed by atoms with Gasteiger partial charge in [0.15, 0.2) is 0 Å². The molecule has 2 heterocycles. The Labute approximate surface area is 165 Å². The first kappa shape index (κ1) is 20.3. The number of benzene rings is 1. The summed E-state index contributed by atoms with van der Waals surface area (Å²) >= 11 is 0. The van der Waals surface area contributed by atoms with Gasteiger partial charge in [0, 0.05) is 32.7 Å². The fraction of sp³-hybridized carbons (Fsp3) is 0.474. The van der Waals surface area contributed by atoms with Crippen LogP contribution in [-0.2, 0) is 10.0 Å². The minimum absolute atomic E-state index is 0.0541. The van der Waals surface area contributed by atoms with Crippen LogP contribution in [0, 0.1) is 5.92 Å². The zero-order valence-electron chi connectivity index (χ0n) is 16.6. The first-order valence-corrected chi connectivity index (χ1v) is 10.6. The molecular formula is C19H26N4O4S. The molecule has 1 aromatic heterocycles. The third kappa shape index (κ3) is 3.90. The second kappa shape index (κ2) is 7.92. The molecule has 1 aliphatic heterocycles. The number of nitrogens with zero attached hydrogens (tertiary/aromatic N) is 3. The highest BCUT2D eigenvalue weighted by Gasteiger charge is 2.25. The quantitative estimate of drug-likeness (QED) is 0.821. The van der Waals surface area contributed by atoms with Crippen LogP contribution in [0.15, 0.2) is 29.2 Å². The monoisotopic (exact) mass is 406 g/mol. The second-order valence-corrected chi connectivity index (χ2v) is 9.41. The number of aromatic nitrogens is 2. The summed E-state index contributed by atoms with van der Waals surface area (Å²) in [5.74, 6) is 0.810. The topological polar surface area (TPSA) is 95.6 Å². The minimum atomic E-state index is -3.69. The molecule has 1 saturated heterocycles. The summed E-state index contributed by atoms with van der Waals surface area (Å²) in [6.07, 6.45) is 1.99. The molecule has 1 fully saturated rings. The molecule has 0 radical (unpaired) electrons. The van der Waals surface area contributed by atoms with Crippen molar-refractivity contribution in [2.45, 2.75) is 24.7 Å². The first-order chi connectivity index (χ1) is 13.2. The number of methoxy groups -OCH3 is 1. The summed E-state index contributed by atoms with van der Waals surface area (Å²) in [7, 11) is 0.667. The van der Waals surface area contributed by atoms with Gasteiger partial charge < -0.3 is 9.64 Å². The lowest BCUT2D eigenvalue weighted by molar-refractivity contribution is 0.0691. The van der Waals surface area contributed by atoms with Crippen molar-refractivity contribution in [2.24, 2.45) is 5.92 Å². The number of carbonyl (C=O) groups excluding carboxylic acids is 1. The Morgan fingerprint density at radius 3 is 2.54 bits per heavy atom. The zero-order valence-corrected chi connectivity index (χ0v) is 17.4. The van der Waals surface area contributed by atoms with Crippen molar-refractivity contribution in [3.8, 4) is 17.0 Å². The summed E-state index contributed by atoms with van der Waals surface area (Å²) in [5.41, 5.74) is 1.49. The van der Waals surface area contributed by atoms with Crippen LogP contribution in [-0.4, -0.2) is 68.0 Å². The van der Waals surface area contributed by atoms with Gasteiger partial charge in [-0.15, -0.1) is 0 Å². The fourth-order valence-corrected chi connectivity index (χ4v) is 4.27. The normalized spacial score (nSPS) is 15.8. The van der Waals surface area contributed by atoms with Crippen molar-refractivity contribution >= 4 is 15.9 Å². The third-order valence-corrected chi connectivity index (χ3v) is 6.93. The molecule has 3 rings (SSSR count). The van der Waals surface area contributed by atoms with Crippen LogP contribution in [0.25, 0.3) is 11.3 Å². The van der Waals surface area contributed by atoms with Crippen molar-refractivity contribution in [2.75, 3.05) is 34.3 Å². The molecule has 1 aliphatic rings. The second-order valence-electron chi connectivity index (χ2n) is 7.29. The molecule has 1 aromatic carbocycles. The first-order valence-electron chi connectivity index (χ1n) is 9.19. The lowest BCUT2D eigenvalue weighted by Crippen LogP contribution is -2.38. The number of nitrogens with one attached hydrogen (secondary N) is 1. The summed E-state index contributed by atoms with van der Waals surface area (Å²) in [4.78, 5) is 14.6. The average molecular weight is 407 g/mol. The number of sulfonamides is 1. The molecule has 0 saturated carbocycles. The highest BCUT2D eigenvalue weighted by Crippen LogP contribution is 2.31. The van der Waals surface area contributed by atoms with E-state index in [0.29, 0.717) is 22.9 Å². The van der Waals surface area contributed by atoms with Crippen LogP contribution in [0.1, 0.15) is 30.3 Å². The van der Waals surface area contributed by atoms with Crippen molar-refractivity contribution in [1.82, 2.24) is 19.4 Å². The number of hydrogen-bond acceptors (Lipinski definition) is 5. The summed E-state index contributed by atoms with van der Waals surface area (Å²) < 4.78 is 31.5. The Bertz CT molecular complexity index is 960. The van der Waals surface area contributed by atoms with E-state index in [-0.39, 0.29) is 16.6 Å². The number of hydrogen-bond donors (Lipinski definition) is 1. The molecular weight excluding hydrogens is 380 g/mol. The lowest BCUT2D eigenvalue weighted by atomic mass is 9.99. The minimum Gasteiger partial charge on any atom is -0.495 e. The highest BCUT2D eigenvalue weighted by molar-refractivity contribution is 7.89. The number of piperidine rings is 1. The fourth-order valence-electron chi connectivity index (χ4n) is 3.20. The molecule has 8 nitrogen and oxygen atoms in total. The van der Waals surface area contributed by atoms with E-state index in [1.165, 1.54) is 27.3 Å². The van der Waals surface area contributed by atoms with Crippen LogP contribution in [0.5, 0.6) is 5.75 Å². The van der Waals surface area contributed by atoms with E-state index in [9.17, 15) is 13.2 Å². The van der Waals surface area contributed by atoms with Crippen molar-refractivity contribution in [3.63, 3.8) is 0 Å². The molecule has 9 heteroatoms. The molecule has 0 spiro atoms. The standard InChI is InChI=1S/C19H26N4O4S/c1-13-7-9-23(10-8-13)19(24)16-12-15(20-21-16)14-5-6-17(27-4)18(11-14)28(25,26)22(2)3/h5-6,11-13H,7-10H2,1-4H3,(H,20,21). The van der Waals surface area contributed by atoms with E-state index in [1.54, 1.807) is 18.2 Å². The molecule has 28 heavy (non-hydrogen) atoms. The maximum absolute atomic E-state index is 12.7. The predicted octanol–water partition coefficient (Wildman–Crippen LogP) is 2.21. The van der Waals surface area contributed by atoms with Gasteiger partial charge in [-0.25, -0.2) is 12.7 Å². The number of H-pyrrole nitrogens is 1. The van der Waals surface area contributed by atoms with Gasteiger partial charge in [-0.2, -0.15) is 5.10 Å². The van der Waals surface area contributed by atoms with E-state index < -0.39 is 10.0 Å². The van der Waals surface area contributed by atoms with Gasteiger partial charge in [-0.3, -0.25) is 9.89 Å². The molecule has 152 valence electrons. The largest absolute Gasteiger partial charge is 0.495 e. The Balaban J connectivity index is 1.90. The number of likely N-dealkylation sites (tertiary alicyclic amines) is 1. The van der Waals surface area contributed by atoms with Gasteiger partial charge in [-0.05, 0) is 43.0 Å². The smallest absolute Gasteiger partial charge is 0.271 e. The molecule has 0 bridgehead atoms. The van der Waals surface area contributed by atoms with Crippen LogP contribution < -0.4 is 4.74 Å². The Morgan fingerprint density at radius 1 is 1.25 bits per heavy atom. The Hall–Kier alpha value is -2.39. The van der Waals surface area contributed by atoms with Gasteiger partial charge >= 0.3 is 0 Å². The van der Waals surface area contributed by atoms with Crippen LogP contribution in [0.4, 0.5) is 0 Å². The molecule has 2 aromatic rings. The van der Waals surface area contributed by atoms with Gasteiger partial charge in [0.1, 0.15) is 16.3 Å². The van der Waals surface area contributed by atoms with E-state index in [1.807, 2.05) is 4.90 Å². The maximum Gasteiger partial charge on any atom is 0.271 e. The predicted molar refractivity (Wildman–Crippen MR) is 106 cm³/mol. The van der Waals surface area contributed by atoms with Gasteiger partial charge in [0.25, 0.3) is 5.91 Å². The Morgan fingerprint density at radius 2 is 1.93 bits per heavy atom. The van der Waals surface area contributed by atoms with Crippen molar-refractivity contribution in [3.05, 3.63) is 30.0 Å². The van der Waals surface area contributed by atoms with E-state index in [2.05, 4.69) is 17.1 Å². The van der Waals surface area contributed by atoms with E-state index >= 15 is 0 Å². The van der Waals surface area contributed by atoms with Gasteiger partial charge in [-0.1, -0.05) is 6.92 Å². The molecule has 0 atom stereocenters. The number of aromatic amines is 1. The molecule has 0 aliphatic carbocycles. The maximum atomic E-state index is 12.7. The summed E-state index contributed by atoms with van der Waals surface area (Å²) in [5, 5.41) is 7.01. The van der Waals surface area contributed by atoms with Gasteiger partial charge in [0.05, 0.1) is 12.8 Å². The average Bonchev–Trinajstić information content (AvgIpc) is 3.17. The molecule has 0 unspecified atom stereocenters. The lowest BCUT2D eigenvalue weighted by Gasteiger charge is -2.29. The molecule has 1 N–H and O–H groups in total. The van der Waals surface area contributed by atoms with Crippen molar-refractivity contribution < 1.29 is 17.9 Å². The summed E-state index contributed by atoms with van der Waals surface area (Å²) in [6.45, 7) is 3.67. The molecule has 1 amide bonds. The third-order valence-electron chi connectivity index (χ3n) is 5.10. The number of amides is 1. The van der Waals surface area contributed by atoms with E-state index in [4.69, 9.17) is 4.74 Å². The van der Waals surface area contributed by atoms with E-state index in [0.717, 1.165) is 30.2 Å². The van der Waals surface area contributed by atoms with Crippen LogP contribution >= 0.6 is 0 Å². The summed E-state index contributed by atoms with van der Waals surface area (Å²) in [6, 6.07) is 6.49. The van der Waals surface area contributed by atoms with Crippen LogP contribution in [0.2, 0.25) is 0 Å². The zero-order chi connectivity index (χ0) is 20.5.